The highest BCUT2D eigenvalue weighted by atomic mass is 35.5. The van der Waals surface area contributed by atoms with Gasteiger partial charge in [0, 0.05) is 18.1 Å². The van der Waals surface area contributed by atoms with E-state index in [0.29, 0.717) is 17.3 Å². The van der Waals surface area contributed by atoms with E-state index in [-0.39, 0.29) is 5.56 Å². The van der Waals surface area contributed by atoms with Gasteiger partial charge in [-0.15, -0.1) is 0 Å². The van der Waals surface area contributed by atoms with E-state index in [0.717, 1.165) is 17.8 Å². The Kier molecular flexibility index (Phi) is 4.70. The van der Waals surface area contributed by atoms with Crippen molar-refractivity contribution in [3.05, 3.63) is 58.6 Å². The highest BCUT2D eigenvalue weighted by Crippen LogP contribution is 2.26. The zero-order chi connectivity index (χ0) is 15.4. The summed E-state index contributed by atoms with van der Waals surface area (Å²) in [5.74, 6) is -0.978. The zero-order valence-corrected chi connectivity index (χ0v) is 12.5. The Morgan fingerprint density at radius 2 is 1.90 bits per heavy atom. The molecule has 5 heteroatoms. The van der Waals surface area contributed by atoms with Crippen LogP contribution >= 0.6 is 11.6 Å². The van der Waals surface area contributed by atoms with Crippen LogP contribution < -0.4 is 10.6 Å². The molecule has 3 N–H and O–H groups in total. The van der Waals surface area contributed by atoms with Gasteiger partial charge in [-0.05, 0) is 42.8 Å². The molecular weight excluding hydrogens is 288 g/mol. The van der Waals surface area contributed by atoms with Crippen molar-refractivity contribution < 1.29 is 9.90 Å². The van der Waals surface area contributed by atoms with Gasteiger partial charge in [-0.3, -0.25) is 0 Å². The number of halogens is 1. The first-order valence-electron chi connectivity index (χ1n) is 6.63. The third kappa shape index (κ3) is 3.67. The third-order valence-electron chi connectivity index (χ3n) is 3.28. The number of hydrogen-bond acceptors (Lipinski definition) is 3. The van der Waals surface area contributed by atoms with Crippen LogP contribution in [0.2, 0.25) is 5.02 Å². The van der Waals surface area contributed by atoms with Crippen molar-refractivity contribution in [2.45, 2.75) is 13.5 Å². The second-order valence-corrected chi connectivity index (χ2v) is 5.16. The normalized spacial score (nSPS) is 10.4. The molecule has 0 aliphatic carbocycles. The molecule has 0 aromatic heterocycles. The Hall–Kier alpha value is -2.20. The van der Waals surface area contributed by atoms with Crippen LogP contribution in [0, 0.1) is 0 Å². The predicted molar refractivity (Wildman–Crippen MR) is 86.0 cm³/mol. The molecule has 0 fully saturated rings. The topological polar surface area (TPSA) is 66.6 Å². The molecule has 0 bridgehead atoms. The number of nitrogens with zero attached hydrogens (tertiary/aromatic N) is 1. The molecule has 2 aromatic rings. The molecule has 0 heterocycles. The molecule has 110 valence electrons. The van der Waals surface area contributed by atoms with Gasteiger partial charge in [0.15, 0.2) is 0 Å². The van der Waals surface area contributed by atoms with Crippen LogP contribution in [0.3, 0.4) is 0 Å². The number of aromatic carboxylic acids is 1. The molecule has 0 saturated heterocycles. The number of rotatable bonds is 5. The smallest absolute Gasteiger partial charge is 0.335 e. The summed E-state index contributed by atoms with van der Waals surface area (Å²) in [6.07, 6.45) is 0. The minimum atomic E-state index is -0.978. The minimum absolute atomic E-state index is 0.193. The average molecular weight is 305 g/mol. The Bertz CT molecular complexity index is 641. The predicted octanol–water partition coefficient (Wildman–Crippen LogP) is 3.65. The van der Waals surface area contributed by atoms with Crippen LogP contribution in [0.4, 0.5) is 11.4 Å². The van der Waals surface area contributed by atoms with E-state index in [1.807, 2.05) is 31.2 Å². The number of nitrogens with two attached hydrogens (primary N) is 1. The first-order valence-corrected chi connectivity index (χ1v) is 7.01. The number of benzene rings is 2. The number of anilines is 2. The first-order chi connectivity index (χ1) is 10.0. The maximum atomic E-state index is 10.9. The van der Waals surface area contributed by atoms with Crippen molar-refractivity contribution in [2.24, 2.45) is 0 Å². The third-order valence-corrected chi connectivity index (χ3v) is 3.54. The monoisotopic (exact) mass is 304 g/mol. The highest BCUT2D eigenvalue weighted by Gasteiger charge is 2.11. The van der Waals surface area contributed by atoms with Gasteiger partial charge in [-0.1, -0.05) is 23.7 Å². The van der Waals surface area contributed by atoms with Gasteiger partial charge in [0.05, 0.1) is 16.9 Å². The SMILES string of the molecule is CCN(Cc1ccc(Cl)cc1)c1ccc(C(=O)O)cc1N. The van der Waals surface area contributed by atoms with Crippen LogP contribution in [0.25, 0.3) is 0 Å². The fourth-order valence-electron chi connectivity index (χ4n) is 2.15. The highest BCUT2D eigenvalue weighted by molar-refractivity contribution is 6.30. The molecule has 4 nitrogen and oxygen atoms in total. The molecule has 0 atom stereocenters. The van der Waals surface area contributed by atoms with Crippen molar-refractivity contribution in [3.8, 4) is 0 Å². The summed E-state index contributed by atoms with van der Waals surface area (Å²) in [5, 5.41) is 9.68. The summed E-state index contributed by atoms with van der Waals surface area (Å²) in [4.78, 5) is 13.0. The lowest BCUT2D eigenvalue weighted by Crippen LogP contribution is -2.23. The van der Waals surface area contributed by atoms with E-state index in [1.54, 1.807) is 12.1 Å². The molecule has 2 aromatic carbocycles. The van der Waals surface area contributed by atoms with Gasteiger partial charge in [-0.2, -0.15) is 0 Å². The lowest BCUT2D eigenvalue weighted by molar-refractivity contribution is 0.0697. The number of carboxylic acids is 1. The van der Waals surface area contributed by atoms with Crippen molar-refractivity contribution in [2.75, 3.05) is 17.2 Å². The largest absolute Gasteiger partial charge is 0.478 e. The van der Waals surface area contributed by atoms with Crippen molar-refractivity contribution in [1.82, 2.24) is 0 Å². The zero-order valence-electron chi connectivity index (χ0n) is 11.7. The van der Waals surface area contributed by atoms with Crippen LogP contribution in [0.5, 0.6) is 0 Å². The lowest BCUT2D eigenvalue weighted by Gasteiger charge is -2.25. The molecular formula is C16H17ClN2O2. The van der Waals surface area contributed by atoms with E-state index in [2.05, 4.69) is 4.90 Å². The van der Waals surface area contributed by atoms with Crippen LogP contribution in [0.15, 0.2) is 42.5 Å². The Labute approximate surface area is 128 Å². The van der Waals surface area contributed by atoms with Gasteiger partial charge >= 0.3 is 5.97 Å². The van der Waals surface area contributed by atoms with E-state index in [1.165, 1.54) is 6.07 Å². The maximum Gasteiger partial charge on any atom is 0.335 e. The molecule has 0 aliphatic heterocycles. The number of carbonyl (C=O) groups is 1. The maximum absolute atomic E-state index is 10.9. The number of carboxylic acid groups (broad SMARTS) is 1. The summed E-state index contributed by atoms with van der Waals surface area (Å²) in [6.45, 7) is 3.48. The minimum Gasteiger partial charge on any atom is -0.478 e. The molecule has 21 heavy (non-hydrogen) atoms. The van der Waals surface area contributed by atoms with Crippen molar-refractivity contribution in [3.63, 3.8) is 0 Å². The van der Waals surface area contributed by atoms with Crippen molar-refractivity contribution >= 4 is 28.9 Å². The van der Waals surface area contributed by atoms with E-state index in [9.17, 15) is 4.79 Å². The lowest BCUT2D eigenvalue weighted by atomic mass is 10.1. The second-order valence-electron chi connectivity index (χ2n) is 4.72. The average Bonchev–Trinajstić information content (AvgIpc) is 2.47. The molecule has 0 saturated carbocycles. The van der Waals surface area contributed by atoms with E-state index < -0.39 is 5.97 Å². The Balaban J connectivity index is 2.25. The van der Waals surface area contributed by atoms with Crippen LogP contribution in [-0.2, 0) is 6.54 Å². The van der Waals surface area contributed by atoms with Gasteiger partial charge in [-0.25, -0.2) is 4.79 Å². The van der Waals surface area contributed by atoms with Gasteiger partial charge in [0.25, 0.3) is 0 Å². The summed E-state index contributed by atoms with van der Waals surface area (Å²) in [7, 11) is 0. The molecule has 0 radical (unpaired) electrons. The number of nitrogen functional groups attached to an aromatic ring is 1. The Morgan fingerprint density at radius 1 is 1.24 bits per heavy atom. The summed E-state index contributed by atoms with van der Waals surface area (Å²) in [5.41, 5.74) is 8.59. The summed E-state index contributed by atoms with van der Waals surface area (Å²) >= 11 is 5.88. The number of hydrogen-bond donors (Lipinski definition) is 2. The van der Waals surface area contributed by atoms with Gasteiger partial charge in [0.1, 0.15) is 0 Å². The fraction of sp³-hybridized carbons (Fsp3) is 0.188. The standard InChI is InChI=1S/C16H17ClN2O2/c1-2-19(10-11-3-6-13(17)7-4-11)15-8-5-12(16(20)21)9-14(15)18/h3-9H,2,10,18H2,1H3,(H,20,21). The van der Waals surface area contributed by atoms with Crippen LogP contribution in [-0.4, -0.2) is 17.6 Å². The van der Waals surface area contributed by atoms with Crippen LogP contribution in [0.1, 0.15) is 22.8 Å². The van der Waals surface area contributed by atoms with Gasteiger partial charge in [0.2, 0.25) is 0 Å². The molecule has 0 amide bonds. The Morgan fingerprint density at radius 3 is 2.43 bits per heavy atom. The van der Waals surface area contributed by atoms with Gasteiger partial charge < -0.3 is 15.7 Å². The van der Waals surface area contributed by atoms with Crippen molar-refractivity contribution in [1.29, 1.82) is 0 Å². The van der Waals surface area contributed by atoms with E-state index >= 15 is 0 Å². The van der Waals surface area contributed by atoms with E-state index in [4.69, 9.17) is 22.4 Å². The fourth-order valence-corrected chi connectivity index (χ4v) is 2.28. The molecule has 0 aliphatic rings. The summed E-state index contributed by atoms with van der Waals surface area (Å²) in [6, 6.07) is 12.4. The summed E-state index contributed by atoms with van der Waals surface area (Å²) < 4.78 is 0. The molecule has 0 spiro atoms. The molecule has 2 rings (SSSR count). The second kappa shape index (κ2) is 6.50. The quantitative estimate of drug-likeness (QED) is 0.828. The first kappa shape index (κ1) is 15.2. The molecule has 0 unspecified atom stereocenters.